The molecule has 1 heterocycles. The normalized spacial score (nSPS) is 10.7. The lowest BCUT2D eigenvalue weighted by Crippen LogP contribution is -2.05. The van der Waals surface area contributed by atoms with Gasteiger partial charge >= 0.3 is 5.97 Å². The Kier molecular flexibility index (Phi) is 4.34. The van der Waals surface area contributed by atoms with Crippen LogP contribution in [-0.2, 0) is 4.74 Å². The van der Waals surface area contributed by atoms with Crippen LogP contribution in [-0.4, -0.2) is 30.0 Å². The number of carbonyl (C=O) groups excluding carboxylic acids is 1. The molecule has 1 aromatic heterocycles. The number of carbonyl (C=O) groups is 1. The summed E-state index contributed by atoms with van der Waals surface area (Å²) < 4.78 is 12.2. The highest BCUT2D eigenvalue weighted by Gasteiger charge is 2.20. The fourth-order valence-corrected chi connectivity index (χ4v) is 3.21. The van der Waals surface area contributed by atoms with Crippen molar-refractivity contribution in [1.82, 2.24) is 9.78 Å². The predicted molar refractivity (Wildman–Crippen MR) is 104 cm³/mol. The molecule has 134 valence electrons. The Morgan fingerprint density at radius 2 is 1.67 bits per heavy atom. The second-order valence-electron chi connectivity index (χ2n) is 6.02. The van der Waals surface area contributed by atoms with E-state index in [0.29, 0.717) is 5.75 Å². The summed E-state index contributed by atoms with van der Waals surface area (Å²) in [5, 5.41) is 6.67. The van der Waals surface area contributed by atoms with E-state index in [1.54, 1.807) is 17.9 Å². The molecule has 0 amide bonds. The Hall–Kier alpha value is -3.60. The van der Waals surface area contributed by atoms with Crippen LogP contribution in [0.2, 0.25) is 0 Å². The first-order valence-corrected chi connectivity index (χ1v) is 8.53. The van der Waals surface area contributed by atoms with Gasteiger partial charge in [0.05, 0.1) is 25.6 Å². The van der Waals surface area contributed by atoms with E-state index in [1.165, 1.54) is 7.11 Å². The van der Waals surface area contributed by atoms with Gasteiger partial charge in [0.25, 0.3) is 0 Å². The van der Waals surface area contributed by atoms with Gasteiger partial charge in [-0.25, -0.2) is 9.48 Å². The van der Waals surface area contributed by atoms with E-state index < -0.39 is 5.97 Å². The predicted octanol–water partition coefficient (Wildman–Crippen LogP) is 4.49. The smallest absolute Gasteiger partial charge is 0.358 e. The Bertz CT molecular complexity index is 1130. The van der Waals surface area contributed by atoms with Gasteiger partial charge in [0.2, 0.25) is 0 Å². The van der Waals surface area contributed by atoms with Gasteiger partial charge in [-0.05, 0) is 29.7 Å². The zero-order valence-corrected chi connectivity index (χ0v) is 15.0. The first kappa shape index (κ1) is 16.8. The number of hydrogen-bond acceptors (Lipinski definition) is 4. The topological polar surface area (TPSA) is 53.4 Å². The molecule has 0 aliphatic rings. The SMILES string of the molecule is COC(=O)c1cc(-c2ccccc2OC)n(-c2cccc3ccccc23)n1. The molecular formula is C22H18N2O3. The summed E-state index contributed by atoms with van der Waals surface area (Å²) in [5.74, 6) is 0.223. The van der Waals surface area contributed by atoms with Crippen molar-refractivity contribution in [3.8, 4) is 22.7 Å². The molecule has 4 rings (SSSR count). The summed E-state index contributed by atoms with van der Waals surface area (Å²) in [4.78, 5) is 12.1. The summed E-state index contributed by atoms with van der Waals surface area (Å²) in [6, 6.07) is 23.5. The average Bonchev–Trinajstić information content (AvgIpc) is 3.17. The molecule has 3 aromatic carbocycles. The Labute approximate surface area is 156 Å². The molecule has 0 saturated carbocycles. The molecule has 0 atom stereocenters. The highest BCUT2D eigenvalue weighted by Crippen LogP contribution is 2.33. The Morgan fingerprint density at radius 3 is 2.48 bits per heavy atom. The number of rotatable bonds is 4. The standard InChI is InChI=1S/C22H18N2O3/c1-26-21-13-6-5-11-17(21)20-14-18(22(25)27-2)23-24(20)19-12-7-9-15-8-3-4-10-16(15)19/h3-14H,1-2H3. The lowest BCUT2D eigenvalue weighted by atomic mass is 10.1. The van der Waals surface area contributed by atoms with Gasteiger partial charge < -0.3 is 9.47 Å². The van der Waals surface area contributed by atoms with Gasteiger partial charge in [-0.3, -0.25) is 0 Å². The van der Waals surface area contributed by atoms with Gasteiger partial charge in [-0.1, -0.05) is 48.5 Å². The van der Waals surface area contributed by atoms with Crippen LogP contribution in [0.1, 0.15) is 10.5 Å². The quantitative estimate of drug-likeness (QED) is 0.505. The highest BCUT2D eigenvalue weighted by molar-refractivity contribution is 5.93. The Morgan fingerprint density at radius 1 is 0.926 bits per heavy atom. The zero-order valence-electron chi connectivity index (χ0n) is 15.0. The molecule has 5 nitrogen and oxygen atoms in total. The van der Waals surface area contributed by atoms with Crippen LogP contribution >= 0.6 is 0 Å². The minimum absolute atomic E-state index is 0.242. The first-order valence-electron chi connectivity index (χ1n) is 8.53. The molecule has 0 fully saturated rings. The molecule has 0 spiro atoms. The number of hydrogen-bond donors (Lipinski definition) is 0. The van der Waals surface area contributed by atoms with E-state index in [0.717, 1.165) is 27.7 Å². The number of methoxy groups -OCH3 is 2. The summed E-state index contributed by atoms with van der Waals surface area (Å²) in [6.07, 6.45) is 0. The molecule has 0 radical (unpaired) electrons. The molecule has 27 heavy (non-hydrogen) atoms. The second kappa shape index (κ2) is 6.96. The van der Waals surface area contributed by atoms with E-state index in [4.69, 9.17) is 9.47 Å². The molecule has 4 aromatic rings. The second-order valence-corrected chi connectivity index (χ2v) is 6.02. The summed E-state index contributed by atoms with van der Waals surface area (Å²) in [5.41, 5.74) is 2.72. The summed E-state index contributed by atoms with van der Waals surface area (Å²) in [7, 11) is 2.97. The maximum Gasteiger partial charge on any atom is 0.358 e. The molecular weight excluding hydrogens is 340 g/mol. The van der Waals surface area contributed by atoms with E-state index in [-0.39, 0.29) is 5.69 Å². The third-order valence-electron chi connectivity index (χ3n) is 4.48. The fourth-order valence-electron chi connectivity index (χ4n) is 3.21. The van der Waals surface area contributed by atoms with Crippen LogP contribution in [0.25, 0.3) is 27.7 Å². The van der Waals surface area contributed by atoms with Gasteiger partial charge in [0.1, 0.15) is 5.75 Å². The lowest BCUT2D eigenvalue weighted by molar-refractivity contribution is 0.0593. The minimum atomic E-state index is -0.481. The monoisotopic (exact) mass is 358 g/mol. The van der Waals surface area contributed by atoms with E-state index >= 15 is 0 Å². The Balaban J connectivity index is 2.02. The average molecular weight is 358 g/mol. The molecule has 5 heteroatoms. The number of aromatic nitrogens is 2. The van der Waals surface area contributed by atoms with Crippen molar-refractivity contribution in [2.75, 3.05) is 14.2 Å². The van der Waals surface area contributed by atoms with Crippen molar-refractivity contribution in [2.24, 2.45) is 0 Å². The molecule has 0 aliphatic heterocycles. The maximum atomic E-state index is 12.1. The van der Waals surface area contributed by atoms with Crippen molar-refractivity contribution >= 4 is 16.7 Å². The van der Waals surface area contributed by atoms with Gasteiger partial charge in [0, 0.05) is 10.9 Å². The largest absolute Gasteiger partial charge is 0.496 e. The van der Waals surface area contributed by atoms with Crippen molar-refractivity contribution < 1.29 is 14.3 Å². The molecule has 0 N–H and O–H groups in total. The van der Waals surface area contributed by atoms with Crippen LogP contribution in [0, 0.1) is 0 Å². The van der Waals surface area contributed by atoms with Crippen molar-refractivity contribution in [1.29, 1.82) is 0 Å². The van der Waals surface area contributed by atoms with Crippen LogP contribution < -0.4 is 4.74 Å². The minimum Gasteiger partial charge on any atom is -0.496 e. The van der Waals surface area contributed by atoms with E-state index in [1.807, 2.05) is 66.7 Å². The summed E-state index contributed by atoms with van der Waals surface area (Å²) >= 11 is 0. The van der Waals surface area contributed by atoms with Crippen LogP contribution in [0.3, 0.4) is 0 Å². The van der Waals surface area contributed by atoms with Gasteiger partial charge in [-0.2, -0.15) is 5.10 Å². The molecule has 0 unspecified atom stereocenters. The zero-order chi connectivity index (χ0) is 18.8. The third-order valence-corrected chi connectivity index (χ3v) is 4.48. The highest BCUT2D eigenvalue weighted by atomic mass is 16.5. The third kappa shape index (κ3) is 2.93. The maximum absolute atomic E-state index is 12.1. The van der Waals surface area contributed by atoms with Crippen LogP contribution in [0.15, 0.2) is 72.8 Å². The molecule has 0 saturated heterocycles. The van der Waals surface area contributed by atoms with Gasteiger partial charge in [0.15, 0.2) is 5.69 Å². The summed E-state index contributed by atoms with van der Waals surface area (Å²) in [6.45, 7) is 0. The number of nitrogens with zero attached hydrogens (tertiary/aromatic N) is 2. The van der Waals surface area contributed by atoms with Crippen LogP contribution in [0.5, 0.6) is 5.75 Å². The number of para-hydroxylation sites is 1. The number of benzene rings is 3. The molecule has 0 bridgehead atoms. The lowest BCUT2D eigenvalue weighted by Gasteiger charge is -2.13. The van der Waals surface area contributed by atoms with Crippen molar-refractivity contribution in [3.63, 3.8) is 0 Å². The number of esters is 1. The molecule has 0 aliphatic carbocycles. The fraction of sp³-hybridized carbons (Fsp3) is 0.0909. The number of fused-ring (bicyclic) bond motifs is 1. The van der Waals surface area contributed by atoms with Gasteiger partial charge in [-0.15, -0.1) is 0 Å². The van der Waals surface area contributed by atoms with Crippen molar-refractivity contribution in [3.05, 3.63) is 78.5 Å². The number of ether oxygens (including phenoxy) is 2. The van der Waals surface area contributed by atoms with Crippen LogP contribution in [0.4, 0.5) is 0 Å². The van der Waals surface area contributed by atoms with Crippen molar-refractivity contribution in [2.45, 2.75) is 0 Å². The van der Waals surface area contributed by atoms with E-state index in [2.05, 4.69) is 5.10 Å². The van der Waals surface area contributed by atoms with E-state index in [9.17, 15) is 4.79 Å². The first-order chi connectivity index (χ1) is 13.2.